The van der Waals surface area contributed by atoms with Gasteiger partial charge in [0.25, 0.3) is 0 Å². The predicted molar refractivity (Wildman–Crippen MR) is 179 cm³/mol. The SMILES string of the molecule is C=C1N=c2[nH]c(-c3ccc(S(=O)(=O)NC4CCNCC4)cc3)cc2=CN1c1ccc(CN(CCCN)CCCNC(=N)N)cc1. The third-order valence-corrected chi connectivity index (χ3v) is 9.55. The molecule has 9 N–H and O–H groups in total. The number of hydrogen-bond donors (Lipinski definition) is 7. The number of nitrogens with zero attached hydrogens (tertiary/aromatic N) is 3. The van der Waals surface area contributed by atoms with Crippen molar-refractivity contribution >= 4 is 27.9 Å². The van der Waals surface area contributed by atoms with Crippen LogP contribution in [-0.4, -0.2) is 69.6 Å². The van der Waals surface area contributed by atoms with E-state index in [1.165, 1.54) is 5.56 Å². The van der Waals surface area contributed by atoms with Gasteiger partial charge in [0.2, 0.25) is 10.0 Å². The molecule has 0 amide bonds. The molecule has 2 aliphatic rings. The molecule has 3 heterocycles. The summed E-state index contributed by atoms with van der Waals surface area (Å²) in [6.45, 7) is 9.70. The first-order valence-electron chi connectivity index (χ1n) is 15.4. The van der Waals surface area contributed by atoms with Gasteiger partial charge in [-0.15, -0.1) is 0 Å². The smallest absolute Gasteiger partial charge is 0.240 e. The maximum absolute atomic E-state index is 12.9. The second-order valence-electron chi connectivity index (χ2n) is 11.5. The summed E-state index contributed by atoms with van der Waals surface area (Å²) in [6, 6.07) is 17.3. The summed E-state index contributed by atoms with van der Waals surface area (Å²) < 4.78 is 28.7. The van der Waals surface area contributed by atoms with Crippen LogP contribution in [0.15, 0.2) is 76.9 Å². The quantitative estimate of drug-likeness (QED) is 0.0783. The van der Waals surface area contributed by atoms with Crippen molar-refractivity contribution in [3.8, 4) is 11.3 Å². The molecule has 0 saturated carbocycles. The number of nitrogens with two attached hydrogens (primary N) is 2. The predicted octanol–water partition coefficient (Wildman–Crippen LogP) is 1.08. The molecule has 0 radical (unpaired) electrons. The van der Waals surface area contributed by atoms with Crippen molar-refractivity contribution < 1.29 is 8.42 Å². The Bertz CT molecular complexity index is 1700. The van der Waals surface area contributed by atoms with Gasteiger partial charge >= 0.3 is 0 Å². The van der Waals surface area contributed by atoms with Gasteiger partial charge < -0.3 is 32.0 Å². The van der Waals surface area contributed by atoms with Gasteiger partial charge in [-0.3, -0.25) is 10.3 Å². The second-order valence-corrected chi connectivity index (χ2v) is 13.2. The molecule has 12 nitrogen and oxygen atoms in total. The molecule has 2 aliphatic heterocycles. The van der Waals surface area contributed by atoms with Crippen LogP contribution in [0.2, 0.25) is 0 Å². The molecular weight excluding hydrogens is 588 g/mol. The summed E-state index contributed by atoms with van der Waals surface area (Å²) in [5, 5.41) is 14.4. The number of fused-ring (bicyclic) bond motifs is 1. The van der Waals surface area contributed by atoms with Crippen LogP contribution in [0, 0.1) is 5.41 Å². The number of aromatic nitrogens is 1. The van der Waals surface area contributed by atoms with E-state index in [9.17, 15) is 8.42 Å². The number of hydrogen-bond acceptors (Lipinski definition) is 8. The number of guanidine groups is 1. The van der Waals surface area contributed by atoms with E-state index in [2.05, 4.69) is 56.1 Å². The Morgan fingerprint density at radius 3 is 2.49 bits per heavy atom. The van der Waals surface area contributed by atoms with Crippen molar-refractivity contribution in [1.82, 2.24) is 25.2 Å². The van der Waals surface area contributed by atoms with Gasteiger partial charge in [0.05, 0.1) is 4.90 Å². The minimum Gasteiger partial charge on any atom is -0.370 e. The first-order chi connectivity index (χ1) is 21.7. The Morgan fingerprint density at radius 1 is 1.09 bits per heavy atom. The molecule has 0 spiro atoms. The number of aromatic amines is 1. The summed E-state index contributed by atoms with van der Waals surface area (Å²) in [7, 11) is -3.58. The van der Waals surface area contributed by atoms with Gasteiger partial charge in [0.15, 0.2) is 5.96 Å². The molecule has 240 valence electrons. The molecule has 3 aromatic rings. The van der Waals surface area contributed by atoms with Gasteiger partial charge in [-0.1, -0.05) is 30.8 Å². The average Bonchev–Trinajstić information content (AvgIpc) is 3.45. The molecular formula is C32H44N10O2S. The van der Waals surface area contributed by atoms with Gasteiger partial charge in [0.1, 0.15) is 11.3 Å². The van der Waals surface area contributed by atoms with Crippen LogP contribution in [-0.2, 0) is 16.6 Å². The highest BCUT2D eigenvalue weighted by Gasteiger charge is 2.22. The van der Waals surface area contributed by atoms with Gasteiger partial charge in [-0.05, 0) is 93.3 Å². The van der Waals surface area contributed by atoms with E-state index < -0.39 is 10.0 Å². The van der Waals surface area contributed by atoms with Crippen LogP contribution >= 0.6 is 0 Å². The normalized spacial score (nSPS) is 15.4. The van der Waals surface area contributed by atoms with Crippen LogP contribution in [0.4, 0.5) is 5.69 Å². The summed E-state index contributed by atoms with van der Waals surface area (Å²) in [5.74, 6) is 0.587. The van der Waals surface area contributed by atoms with E-state index in [4.69, 9.17) is 21.9 Å². The summed E-state index contributed by atoms with van der Waals surface area (Å²) in [4.78, 5) is 12.7. The van der Waals surface area contributed by atoms with Crippen LogP contribution in [0.5, 0.6) is 0 Å². The molecule has 1 aromatic heterocycles. The molecule has 1 fully saturated rings. The van der Waals surface area contributed by atoms with E-state index in [0.717, 1.165) is 80.6 Å². The van der Waals surface area contributed by atoms with E-state index >= 15 is 0 Å². The zero-order valence-corrected chi connectivity index (χ0v) is 26.4. The van der Waals surface area contributed by atoms with E-state index in [-0.39, 0.29) is 16.9 Å². The van der Waals surface area contributed by atoms with Gasteiger partial charge in [-0.25, -0.2) is 18.1 Å². The first kappa shape index (κ1) is 32.4. The van der Waals surface area contributed by atoms with E-state index in [0.29, 0.717) is 24.4 Å². The monoisotopic (exact) mass is 632 g/mol. The average molecular weight is 633 g/mol. The second kappa shape index (κ2) is 14.8. The number of sulfonamides is 1. The third kappa shape index (κ3) is 8.59. The maximum atomic E-state index is 12.9. The Hall–Kier alpha value is -4.01. The number of anilines is 1. The fourth-order valence-electron chi connectivity index (χ4n) is 5.60. The number of piperidine rings is 1. The molecule has 0 unspecified atom stereocenters. The van der Waals surface area contributed by atoms with E-state index in [1.807, 2.05) is 29.3 Å². The Kier molecular flexibility index (Phi) is 10.7. The Morgan fingerprint density at radius 2 is 1.80 bits per heavy atom. The highest BCUT2D eigenvalue weighted by atomic mass is 32.2. The van der Waals surface area contributed by atoms with Crippen LogP contribution in [0.25, 0.3) is 17.5 Å². The lowest BCUT2D eigenvalue weighted by Gasteiger charge is -2.24. The van der Waals surface area contributed by atoms with Crippen molar-refractivity contribution in [1.29, 1.82) is 5.41 Å². The maximum Gasteiger partial charge on any atom is 0.240 e. The van der Waals surface area contributed by atoms with E-state index in [1.54, 1.807) is 12.1 Å². The molecule has 13 heteroatoms. The summed E-state index contributed by atoms with van der Waals surface area (Å²) in [5.41, 5.74) is 15.7. The zero-order chi connectivity index (χ0) is 31.8. The van der Waals surface area contributed by atoms with Crippen LogP contribution in [0.1, 0.15) is 31.2 Å². The molecule has 0 bridgehead atoms. The molecule has 5 rings (SSSR count). The first-order valence-corrected chi connectivity index (χ1v) is 16.9. The Labute approximate surface area is 264 Å². The summed E-state index contributed by atoms with van der Waals surface area (Å²) in [6.07, 6.45) is 5.38. The fourth-order valence-corrected chi connectivity index (χ4v) is 6.90. The molecule has 0 aliphatic carbocycles. The molecule has 2 aromatic carbocycles. The standard InChI is InChI=1S/C32H44N10O2S/c1-23-38-31-26(20-30(39-31)25-6-10-29(11-7-25)45(43,44)40-27-12-16-36-17-13-27)22-42(23)28-8-4-24(5-9-28)21-41(18-2-14-33)19-3-15-37-32(34)35/h4-11,20,22,27,36,40H,1-3,12-19,21,33H2,(H,38,39)(H4,34,35,37). The fraction of sp³-hybridized carbons (Fsp3) is 0.375. The number of nitrogens with one attached hydrogen (secondary N) is 5. The van der Waals surface area contributed by atoms with Crippen molar-refractivity contribution in [2.75, 3.05) is 44.2 Å². The van der Waals surface area contributed by atoms with Crippen molar-refractivity contribution in [2.45, 2.75) is 43.2 Å². The minimum absolute atomic E-state index is 0.00684. The number of H-pyrrole nitrogens is 1. The summed E-state index contributed by atoms with van der Waals surface area (Å²) >= 11 is 0. The lowest BCUT2D eigenvalue weighted by Crippen LogP contribution is -2.42. The van der Waals surface area contributed by atoms with Crippen LogP contribution in [0.3, 0.4) is 0 Å². The van der Waals surface area contributed by atoms with Crippen molar-refractivity contribution in [3.63, 3.8) is 0 Å². The van der Waals surface area contributed by atoms with Crippen molar-refractivity contribution in [2.24, 2.45) is 16.5 Å². The van der Waals surface area contributed by atoms with Gasteiger partial charge in [-0.2, -0.15) is 0 Å². The third-order valence-electron chi connectivity index (χ3n) is 8.02. The number of benzene rings is 2. The van der Waals surface area contributed by atoms with Gasteiger partial charge in [0, 0.05) is 48.5 Å². The lowest BCUT2D eigenvalue weighted by atomic mass is 10.1. The zero-order valence-electron chi connectivity index (χ0n) is 25.6. The highest BCUT2D eigenvalue weighted by molar-refractivity contribution is 7.89. The van der Waals surface area contributed by atoms with Crippen molar-refractivity contribution in [3.05, 3.63) is 83.3 Å². The largest absolute Gasteiger partial charge is 0.370 e. The van der Waals surface area contributed by atoms with Crippen LogP contribution < -0.4 is 42.4 Å². The lowest BCUT2D eigenvalue weighted by molar-refractivity contribution is 0.260. The highest BCUT2D eigenvalue weighted by Crippen LogP contribution is 2.23. The molecule has 1 saturated heterocycles. The minimum atomic E-state index is -3.58. The topological polar surface area (TPSA) is 181 Å². The number of rotatable bonds is 14. The Balaban J connectivity index is 1.26. The molecule has 45 heavy (non-hydrogen) atoms. The molecule has 0 atom stereocenters.